The van der Waals surface area contributed by atoms with Crippen LogP contribution in [0.25, 0.3) is 11.4 Å². The van der Waals surface area contributed by atoms with Crippen LogP contribution >= 0.6 is 34.8 Å². The Bertz CT molecular complexity index is 907. The molecule has 0 unspecified atom stereocenters. The van der Waals surface area contributed by atoms with Crippen LogP contribution in [0.2, 0.25) is 15.1 Å². The molecule has 0 N–H and O–H groups in total. The van der Waals surface area contributed by atoms with Gasteiger partial charge in [0.05, 0.1) is 17.7 Å². The molecular formula is C16H10Cl3N3O2. The molecule has 1 aromatic heterocycles. The fourth-order valence-electron chi connectivity index (χ4n) is 2.08. The Balaban J connectivity index is 2.11. The van der Waals surface area contributed by atoms with E-state index in [2.05, 4.69) is 10.1 Å². The van der Waals surface area contributed by atoms with Crippen molar-refractivity contribution in [2.24, 2.45) is 0 Å². The van der Waals surface area contributed by atoms with Gasteiger partial charge >= 0.3 is 6.01 Å². The molecule has 0 saturated carbocycles. The quantitative estimate of drug-likeness (QED) is 0.664. The van der Waals surface area contributed by atoms with Crippen molar-refractivity contribution in [2.45, 2.75) is 0 Å². The number of benzene rings is 2. The first kappa shape index (κ1) is 16.8. The van der Waals surface area contributed by atoms with E-state index in [9.17, 15) is 4.79 Å². The van der Waals surface area contributed by atoms with Crippen molar-refractivity contribution in [3.05, 3.63) is 63.1 Å². The Morgan fingerprint density at radius 2 is 1.71 bits per heavy atom. The summed E-state index contributed by atoms with van der Waals surface area (Å²) in [4.78, 5) is 17.0. The number of nitrogens with zero attached hydrogens (tertiary/aromatic N) is 3. The summed E-state index contributed by atoms with van der Waals surface area (Å²) in [6.45, 7) is 0. The predicted octanol–water partition coefficient (Wildman–Crippen LogP) is 4.60. The van der Waals surface area contributed by atoms with Crippen LogP contribution in [-0.2, 0) is 0 Å². The molecule has 0 radical (unpaired) electrons. The Labute approximate surface area is 152 Å². The molecule has 122 valence electrons. The number of ether oxygens (including phenoxy) is 1. The van der Waals surface area contributed by atoms with E-state index in [0.29, 0.717) is 21.4 Å². The molecule has 5 nitrogen and oxygen atoms in total. The molecule has 1 heterocycles. The molecular weight excluding hydrogens is 373 g/mol. The average molecular weight is 383 g/mol. The van der Waals surface area contributed by atoms with E-state index in [1.54, 1.807) is 30.3 Å². The van der Waals surface area contributed by atoms with Crippen molar-refractivity contribution in [1.82, 2.24) is 14.8 Å². The molecule has 0 amide bonds. The van der Waals surface area contributed by atoms with Gasteiger partial charge in [-0.25, -0.2) is 0 Å². The van der Waals surface area contributed by atoms with E-state index in [4.69, 9.17) is 39.5 Å². The third-order valence-electron chi connectivity index (χ3n) is 3.23. The minimum absolute atomic E-state index is 0.0679. The van der Waals surface area contributed by atoms with Crippen LogP contribution < -0.4 is 4.74 Å². The van der Waals surface area contributed by atoms with Crippen LogP contribution in [0.4, 0.5) is 0 Å². The second-order valence-corrected chi connectivity index (χ2v) is 6.05. The van der Waals surface area contributed by atoms with Gasteiger partial charge < -0.3 is 4.74 Å². The third-order valence-corrected chi connectivity index (χ3v) is 4.03. The molecule has 0 saturated heterocycles. The number of carbonyl (C=O) groups excluding carboxylic acids is 1. The van der Waals surface area contributed by atoms with E-state index in [-0.39, 0.29) is 16.6 Å². The summed E-state index contributed by atoms with van der Waals surface area (Å²) in [7, 11) is 1.42. The van der Waals surface area contributed by atoms with Gasteiger partial charge in [-0.3, -0.25) is 4.79 Å². The molecule has 0 bridgehead atoms. The monoisotopic (exact) mass is 381 g/mol. The van der Waals surface area contributed by atoms with Crippen LogP contribution in [0.1, 0.15) is 10.4 Å². The topological polar surface area (TPSA) is 57.0 Å². The van der Waals surface area contributed by atoms with E-state index >= 15 is 0 Å². The lowest BCUT2D eigenvalue weighted by molar-refractivity contribution is 0.0945. The maximum Gasteiger partial charge on any atom is 0.336 e. The Morgan fingerprint density at radius 1 is 1.04 bits per heavy atom. The van der Waals surface area contributed by atoms with Crippen molar-refractivity contribution >= 4 is 40.7 Å². The first-order valence-electron chi connectivity index (χ1n) is 6.76. The zero-order valence-electron chi connectivity index (χ0n) is 12.3. The number of carbonyl (C=O) groups is 1. The number of aromatic nitrogens is 3. The zero-order chi connectivity index (χ0) is 17.3. The highest BCUT2D eigenvalue weighted by Gasteiger charge is 2.21. The van der Waals surface area contributed by atoms with E-state index in [1.165, 1.54) is 19.2 Å². The minimum atomic E-state index is -0.447. The maximum absolute atomic E-state index is 12.8. The van der Waals surface area contributed by atoms with Gasteiger partial charge in [0.1, 0.15) is 0 Å². The Kier molecular flexibility index (Phi) is 4.76. The van der Waals surface area contributed by atoms with E-state index in [0.717, 1.165) is 4.68 Å². The first-order valence-corrected chi connectivity index (χ1v) is 7.89. The molecule has 0 aliphatic heterocycles. The number of halogens is 3. The summed E-state index contributed by atoms with van der Waals surface area (Å²) in [5.74, 6) is -0.128. The second kappa shape index (κ2) is 6.81. The molecule has 0 fully saturated rings. The smallest absolute Gasteiger partial charge is 0.336 e. The average Bonchev–Trinajstić information content (AvgIpc) is 2.99. The Morgan fingerprint density at radius 3 is 2.33 bits per heavy atom. The van der Waals surface area contributed by atoms with Gasteiger partial charge in [-0.2, -0.15) is 9.67 Å². The lowest BCUT2D eigenvalue weighted by Gasteiger charge is -2.06. The highest BCUT2D eigenvalue weighted by Crippen LogP contribution is 2.26. The van der Waals surface area contributed by atoms with E-state index in [1.807, 2.05) is 0 Å². The lowest BCUT2D eigenvalue weighted by atomic mass is 10.2. The molecule has 0 aliphatic carbocycles. The van der Waals surface area contributed by atoms with Gasteiger partial charge in [-0.1, -0.05) is 34.8 Å². The number of hydrogen-bond donors (Lipinski definition) is 0. The standard InChI is InChI=1S/C16H10Cl3N3O2/c1-24-16-20-14(9-2-4-10(17)5-3-9)22(21-16)15(23)12-7-6-11(18)8-13(12)19/h2-8H,1H3. The van der Waals surface area contributed by atoms with Crippen molar-refractivity contribution in [2.75, 3.05) is 7.11 Å². The van der Waals surface area contributed by atoms with Gasteiger partial charge in [0.15, 0.2) is 5.82 Å². The molecule has 8 heteroatoms. The summed E-state index contributed by atoms with van der Waals surface area (Å²) < 4.78 is 6.18. The number of rotatable bonds is 3. The molecule has 24 heavy (non-hydrogen) atoms. The minimum Gasteiger partial charge on any atom is -0.466 e. The van der Waals surface area contributed by atoms with Crippen LogP contribution in [0.3, 0.4) is 0 Å². The van der Waals surface area contributed by atoms with E-state index < -0.39 is 5.91 Å². The largest absolute Gasteiger partial charge is 0.466 e. The molecule has 0 atom stereocenters. The van der Waals surface area contributed by atoms with Gasteiger partial charge in [-0.05, 0) is 42.5 Å². The van der Waals surface area contributed by atoms with Crippen LogP contribution in [0, 0.1) is 0 Å². The molecule has 3 rings (SSSR count). The zero-order valence-corrected chi connectivity index (χ0v) is 14.6. The molecule has 0 aliphatic rings. The predicted molar refractivity (Wildman–Crippen MR) is 93.2 cm³/mol. The number of hydrogen-bond acceptors (Lipinski definition) is 4. The van der Waals surface area contributed by atoms with Crippen LogP contribution in [-0.4, -0.2) is 27.8 Å². The first-order chi connectivity index (χ1) is 11.5. The van der Waals surface area contributed by atoms with Gasteiger partial charge in [0, 0.05) is 15.6 Å². The summed E-state index contributed by atoms with van der Waals surface area (Å²) in [5.41, 5.74) is 0.914. The molecule has 0 spiro atoms. The highest BCUT2D eigenvalue weighted by atomic mass is 35.5. The van der Waals surface area contributed by atoms with Gasteiger partial charge in [-0.15, -0.1) is 5.10 Å². The fourth-order valence-corrected chi connectivity index (χ4v) is 2.70. The van der Waals surface area contributed by atoms with Crippen molar-refractivity contribution < 1.29 is 9.53 Å². The van der Waals surface area contributed by atoms with Crippen molar-refractivity contribution in [1.29, 1.82) is 0 Å². The molecule has 2 aromatic carbocycles. The van der Waals surface area contributed by atoms with Gasteiger partial charge in [0.2, 0.25) is 0 Å². The summed E-state index contributed by atoms with van der Waals surface area (Å²) >= 11 is 17.9. The van der Waals surface area contributed by atoms with Crippen molar-refractivity contribution in [3.8, 4) is 17.4 Å². The molecule has 3 aromatic rings. The summed E-state index contributed by atoms with van der Waals surface area (Å²) in [6.07, 6.45) is 0. The highest BCUT2D eigenvalue weighted by molar-refractivity contribution is 6.36. The third kappa shape index (κ3) is 3.24. The second-order valence-electron chi connectivity index (χ2n) is 4.77. The normalized spacial score (nSPS) is 10.7. The Hall–Kier alpha value is -2.08. The van der Waals surface area contributed by atoms with Gasteiger partial charge in [0.25, 0.3) is 5.91 Å². The fraction of sp³-hybridized carbons (Fsp3) is 0.0625. The number of methoxy groups -OCH3 is 1. The maximum atomic E-state index is 12.8. The van der Waals surface area contributed by atoms with Crippen molar-refractivity contribution in [3.63, 3.8) is 0 Å². The summed E-state index contributed by atoms with van der Waals surface area (Å²) in [5, 5.41) is 5.31. The van der Waals surface area contributed by atoms with Crippen LogP contribution in [0.15, 0.2) is 42.5 Å². The summed E-state index contributed by atoms with van der Waals surface area (Å²) in [6, 6.07) is 11.5. The van der Waals surface area contributed by atoms with Crippen LogP contribution in [0.5, 0.6) is 6.01 Å². The SMILES string of the molecule is COc1nc(-c2ccc(Cl)cc2)n(C(=O)c2ccc(Cl)cc2Cl)n1. The lowest BCUT2D eigenvalue weighted by Crippen LogP contribution is -2.15.